The molecule has 0 N–H and O–H groups in total. The SMILES string of the molecule is C[b-]1ccc[n+](C)c1. The molecule has 0 aliphatic heterocycles. The molecule has 0 aromatic carbocycles. The van der Waals surface area contributed by atoms with Crippen molar-refractivity contribution in [3.05, 3.63) is 24.3 Å². The third-order valence-corrected chi connectivity index (χ3v) is 1.21. The van der Waals surface area contributed by atoms with Crippen LogP contribution in [0, 0.1) is 0 Å². The number of nitrogens with zero attached hydrogens (tertiary/aromatic N) is 1. The van der Waals surface area contributed by atoms with Crippen molar-refractivity contribution in [2.24, 2.45) is 13.9 Å². The fourth-order valence-electron chi connectivity index (χ4n) is 0.831. The van der Waals surface area contributed by atoms with E-state index in [4.69, 9.17) is 0 Å². The zero-order valence-electron chi connectivity index (χ0n) is 5.33. The third-order valence-electron chi connectivity index (χ3n) is 1.21. The van der Waals surface area contributed by atoms with Gasteiger partial charge in [0.25, 0.3) is 0 Å². The molecule has 1 heterocycles. The molecule has 8 heavy (non-hydrogen) atoms. The summed E-state index contributed by atoms with van der Waals surface area (Å²) in [5.74, 6) is 2.17. The molecule has 42 valence electrons. The summed E-state index contributed by atoms with van der Waals surface area (Å²) < 4.78 is 2.07. The maximum absolute atomic E-state index is 2.17. The predicted molar refractivity (Wildman–Crippen MR) is 34.5 cm³/mol. The van der Waals surface area contributed by atoms with E-state index >= 15 is 0 Å². The Hall–Kier alpha value is -0.655. The van der Waals surface area contributed by atoms with E-state index in [9.17, 15) is 0 Å². The molecule has 0 saturated heterocycles. The molecule has 0 bridgehead atoms. The number of rotatable bonds is 0. The van der Waals surface area contributed by atoms with Crippen molar-refractivity contribution in [1.82, 2.24) is 0 Å². The molecular formula is C6H10BN. The second kappa shape index (κ2) is 2.08. The van der Waals surface area contributed by atoms with Crippen molar-refractivity contribution in [3.8, 4) is 0 Å². The Kier molecular flexibility index (Phi) is 1.42. The average molecular weight is 107 g/mol. The zero-order chi connectivity index (χ0) is 5.98. The van der Waals surface area contributed by atoms with Crippen molar-refractivity contribution in [2.75, 3.05) is 0 Å². The van der Waals surface area contributed by atoms with E-state index in [0.29, 0.717) is 6.34 Å². The molecule has 0 saturated carbocycles. The van der Waals surface area contributed by atoms with Crippen LogP contribution in [0.4, 0.5) is 0 Å². The summed E-state index contributed by atoms with van der Waals surface area (Å²) in [4.78, 5) is 0. The van der Waals surface area contributed by atoms with Gasteiger partial charge in [-0.25, -0.2) is 0 Å². The number of hydrogen-bond acceptors (Lipinski definition) is 0. The van der Waals surface area contributed by atoms with Gasteiger partial charge < -0.3 is 0 Å². The molecule has 0 atom stereocenters. The summed E-state index contributed by atoms with van der Waals surface area (Å²) >= 11 is 0. The van der Waals surface area contributed by atoms with Crippen LogP contribution in [0.25, 0.3) is 0 Å². The highest BCUT2D eigenvalue weighted by molar-refractivity contribution is 6.46. The Bertz CT molecular complexity index is 168. The van der Waals surface area contributed by atoms with Gasteiger partial charge in [-0.05, 0) is 12.2 Å². The maximum atomic E-state index is 2.17. The van der Waals surface area contributed by atoms with E-state index < -0.39 is 0 Å². The summed E-state index contributed by atoms with van der Waals surface area (Å²) in [6, 6.07) is 2.07. The Balaban J connectivity index is 3.08. The molecule has 0 aliphatic carbocycles. The number of aryl methyl sites for hydroxylation is 2. The van der Waals surface area contributed by atoms with Crippen LogP contribution in [-0.2, 0) is 13.9 Å². The number of hydrogen-bond donors (Lipinski definition) is 0. The van der Waals surface area contributed by atoms with Crippen LogP contribution in [0.3, 0.4) is 0 Å². The zero-order valence-corrected chi connectivity index (χ0v) is 5.33. The highest BCUT2D eigenvalue weighted by atomic mass is 14.9. The van der Waals surface area contributed by atoms with Crippen LogP contribution in [-0.4, -0.2) is 6.34 Å². The summed E-state index contributed by atoms with van der Waals surface area (Å²) in [5.41, 5.74) is 0. The van der Waals surface area contributed by atoms with Crippen molar-refractivity contribution in [2.45, 2.75) is 0 Å². The van der Waals surface area contributed by atoms with Gasteiger partial charge in [0.15, 0.2) is 6.20 Å². The first-order valence-corrected chi connectivity index (χ1v) is 2.87. The molecule has 2 heteroatoms. The standard InChI is InChI=1S/C6H10BN/c1-7-4-3-5-8(2)6-7/h3-6H,1-2H3. The van der Waals surface area contributed by atoms with Gasteiger partial charge in [-0.15, -0.1) is 0 Å². The Morgan fingerprint density at radius 1 is 1.50 bits per heavy atom. The third kappa shape index (κ3) is 1.16. The Morgan fingerprint density at radius 2 is 2.25 bits per heavy atom. The monoisotopic (exact) mass is 107 g/mol. The molecule has 0 aliphatic rings. The highest BCUT2D eigenvalue weighted by Gasteiger charge is 1.78. The summed E-state index contributed by atoms with van der Waals surface area (Å²) in [5, 5.41) is 0. The predicted octanol–water partition coefficient (Wildman–Crippen LogP) is 0.0738. The first-order chi connectivity index (χ1) is 3.79. The molecule has 0 amide bonds. The van der Waals surface area contributed by atoms with Gasteiger partial charge in [-0.2, -0.15) is 6.82 Å². The van der Waals surface area contributed by atoms with Crippen LogP contribution >= 0.6 is 0 Å². The van der Waals surface area contributed by atoms with Crippen molar-refractivity contribution < 1.29 is 4.57 Å². The first kappa shape index (κ1) is 5.48. The lowest BCUT2D eigenvalue weighted by atomic mass is 9.71. The summed E-state index contributed by atoms with van der Waals surface area (Å²) in [7, 11) is 2.04. The lowest BCUT2D eigenvalue weighted by Crippen LogP contribution is -2.28. The maximum Gasteiger partial charge on any atom is 0.161 e. The molecule has 0 spiro atoms. The van der Waals surface area contributed by atoms with Crippen molar-refractivity contribution >= 4 is 6.34 Å². The normalized spacial score (nSPS) is 9.25. The van der Waals surface area contributed by atoms with Crippen molar-refractivity contribution in [1.29, 1.82) is 0 Å². The largest absolute Gasteiger partial charge is 0.252 e. The van der Waals surface area contributed by atoms with E-state index in [2.05, 4.69) is 29.5 Å². The quantitative estimate of drug-likeness (QED) is 0.413. The highest BCUT2D eigenvalue weighted by Crippen LogP contribution is 1.71. The van der Waals surface area contributed by atoms with E-state index in [0.717, 1.165) is 0 Å². The van der Waals surface area contributed by atoms with Gasteiger partial charge >= 0.3 is 0 Å². The Labute approximate surface area is 50.0 Å². The second-order valence-corrected chi connectivity index (χ2v) is 2.21. The van der Waals surface area contributed by atoms with Crippen molar-refractivity contribution in [3.63, 3.8) is 0 Å². The van der Waals surface area contributed by atoms with Crippen LogP contribution in [0.5, 0.6) is 0 Å². The Morgan fingerprint density at radius 3 is 2.62 bits per heavy atom. The average Bonchev–Trinajstić information content (AvgIpc) is 1.64. The van der Waals surface area contributed by atoms with Gasteiger partial charge in [0.1, 0.15) is 7.05 Å². The fraction of sp³-hybridized carbons (Fsp3) is 0.333. The second-order valence-electron chi connectivity index (χ2n) is 2.21. The molecule has 0 unspecified atom stereocenters. The summed E-state index contributed by atoms with van der Waals surface area (Å²) in [6.07, 6.45) is 4.81. The lowest BCUT2D eigenvalue weighted by molar-refractivity contribution is -0.669. The van der Waals surface area contributed by atoms with Gasteiger partial charge in [0, 0.05) is 0 Å². The van der Waals surface area contributed by atoms with E-state index in [1.165, 1.54) is 0 Å². The minimum absolute atomic E-state index is 0.602. The topological polar surface area (TPSA) is 3.88 Å². The van der Waals surface area contributed by atoms with Gasteiger partial charge in [-0.3, -0.25) is 10.5 Å². The van der Waals surface area contributed by atoms with Gasteiger partial charge in [-0.1, -0.05) is 6.34 Å². The molecule has 0 radical (unpaired) electrons. The van der Waals surface area contributed by atoms with Crippen LogP contribution < -0.4 is 4.57 Å². The molecule has 1 aromatic rings. The summed E-state index contributed by atoms with van der Waals surface area (Å²) in [6.45, 7) is 2.17. The minimum Gasteiger partial charge on any atom is -0.252 e. The molecule has 1 aromatic heterocycles. The minimum atomic E-state index is 0.602. The van der Waals surface area contributed by atoms with Gasteiger partial charge in [0.2, 0.25) is 0 Å². The molecule has 0 fully saturated rings. The van der Waals surface area contributed by atoms with Gasteiger partial charge in [0.05, 0.1) is 0 Å². The van der Waals surface area contributed by atoms with Crippen LogP contribution in [0.1, 0.15) is 0 Å². The van der Waals surface area contributed by atoms with Crippen LogP contribution in [0.15, 0.2) is 24.3 Å². The smallest absolute Gasteiger partial charge is 0.161 e. The number of aromatic nitrogens is 1. The first-order valence-electron chi connectivity index (χ1n) is 2.87. The lowest BCUT2D eigenvalue weighted by Gasteiger charge is -1.94. The van der Waals surface area contributed by atoms with E-state index in [1.54, 1.807) is 0 Å². The van der Waals surface area contributed by atoms with E-state index in [-0.39, 0.29) is 0 Å². The molecule has 1 rings (SSSR count). The molecular weight excluding hydrogens is 96.9 g/mol. The fourth-order valence-corrected chi connectivity index (χ4v) is 0.831. The molecule has 1 nitrogen and oxygen atoms in total. The van der Waals surface area contributed by atoms with Crippen LogP contribution in [0.2, 0.25) is 0 Å². The van der Waals surface area contributed by atoms with E-state index in [1.807, 2.05) is 13.2 Å².